The number of benzene rings is 3. The Bertz CT molecular complexity index is 885. The number of fused-ring (bicyclic) bond motifs is 1. The van der Waals surface area contributed by atoms with Gasteiger partial charge in [0.15, 0.2) is 0 Å². The van der Waals surface area contributed by atoms with E-state index in [4.69, 9.17) is 0 Å². The molecule has 0 fully saturated rings. The van der Waals surface area contributed by atoms with Crippen molar-refractivity contribution in [2.75, 3.05) is 0 Å². The van der Waals surface area contributed by atoms with E-state index in [0.717, 1.165) is 5.56 Å². The van der Waals surface area contributed by atoms with Crippen molar-refractivity contribution in [3.8, 4) is 0 Å². The fourth-order valence-corrected chi connectivity index (χ4v) is 7.64. The van der Waals surface area contributed by atoms with E-state index in [1.165, 1.54) is 16.0 Å². The fraction of sp³-hybridized carbons (Fsp3) is 0.250. The van der Waals surface area contributed by atoms with Gasteiger partial charge in [0.05, 0.1) is 14.2 Å². The number of rotatable bonds is 6. The van der Waals surface area contributed by atoms with E-state index in [9.17, 15) is 5.11 Å². The standard InChI is InChI=1S/C24H28OSi/c1-5-23(26(3,4)22-13-7-6-8-14-22)18(2)24(25)21-16-15-19-11-9-10-12-20(19)17-21/h5-18,23-25H,1H2,2-4H3. The fourth-order valence-electron chi connectivity index (χ4n) is 4.12. The molecular weight excluding hydrogens is 332 g/mol. The largest absolute Gasteiger partial charge is 0.388 e. The van der Waals surface area contributed by atoms with Crippen LogP contribution in [0.5, 0.6) is 0 Å². The Balaban J connectivity index is 1.91. The number of hydrogen-bond donors (Lipinski definition) is 1. The second-order valence-corrected chi connectivity index (χ2v) is 12.4. The van der Waals surface area contributed by atoms with Crippen molar-refractivity contribution in [2.45, 2.75) is 31.7 Å². The van der Waals surface area contributed by atoms with E-state index in [1.807, 2.05) is 12.1 Å². The normalized spacial score (nSPS) is 15.4. The molecule has 3 aromatic rings. The lowest BCUT2D eigenvalue weighted by Crippen LogP contribution is -2.48. The highest BCUT2D eigenvalue weighted by atomic mass is 28.3. The lowest BCUT2D eigenvalue weighted by Gasteiger charge is -2.37. The van der Waals surface area contributed by atoms with Crippen molar-refractivity contribution in [1.82, 2.24) is 0 Å². The van der Waals surface area contributed by atoms with Gasteiger partial charge in [-0.15, -0.1) is 6.58 Å². The minimum atomic E-state index is -1.80. The van der Waals surface area contributed by atoms with Gasteiger partial charge < -0.3 is 5.11 Å². The summed E-state index contributed by atoms with van der Waals surface area (Å²) in [7, 11) is -1.80. The van der Waals surface area contributed by atoms with Crippen LogP contribution in [0.15, 0.2) is 85.5 Å². The lowest BCUT2D eigenvalue weighted by atomic mass is 9.92. The second kappa shape index (κ2) is 7.61. The zero-order valence-electron chi connectivity index (χ0n) is 15.9. The molecule has 1 N–H and O–H groups in total. The average Bonchev–Trinajstić information content (AvgIpc) is 2.68. The van der Waals surface area contributed by atoms with Crippen LogP contribution in [-0.2, 0) is 0 Å². The van der Waals surface area contributed by atoms with Crippen LogP contribution >= 0.6 is 0 Å². The summed E-state index contributed by atoms with van der Waals surface area (Å²) in [5, 5.41) is 14.9. The Kier molecular flexibility index (Phi) is 5.45. The van der Waals surface area contributed by atoms with Crippen LogP contribution in [0.2, 0.25) is 18.6 Å². The molecule has 3 rings (SSSR count). The molecule has 134 valence electrons. The number of aliphatic hydroxyl groups excluding tert-OH is 1. The number of hydrogen-bond acceptors (Lipinski definition) is 1. The maximum Gasteiger partial charge on any atom is 0.0877 e. The second-order valence-electron chi connectivity index (χ2n) is 7.76. The first-order valence-electron chi connectivity index (χ1n) is 9.30. The molecule has 0 bridgehead atoms. The smallest absolute Gasteiger partial charge is 0.0877 e. The average molecular weight is 361 g/mol. The van der Waals surface area contributed by atoms with Crippen LogP contribution in [0.4, 0.5) is 0 Å². The molecule has 1 nitrogen and oxygen atoms in total. The molecule has 0 saturated heterocycles. The lowest BCUT2D eigenvalue weighted by molar-refractivity contribution is 0.118. The number of allylic oxidation sites excluding steroid dienone is 1. The third-order valence-electron chi connectivity index (χ3n) is 5.78. The zero-order valence-corrected chi connectivity index (χ0v) is 16.9. The highest BCUT2D eigenvalue weighted by molar-refractivity contribution is 6.91. The Morgan fingerprint density at radius 3 is 2.15 bits per heavy atom. The van der Waals surface area contributed by atoms with E-state index < -0.39 is 14.2 Å². The first kappa shape index (κ1) is 18.6. The first-order chi connectivity index (χ1) is 12.4. The summed E-state index contributed by atoms with van der Waals surface area (Å²) in [6.07, 6.45) is 1.56. The monoisotopic (exact) mass is 360 g/mol. The quantitative estimate of drug-likeness (QED) is 0.443. The molecule has 0 aliphatic rings. The van der Waals surface area contributed by atoms with Gasteiger partial charge in [-0.3, -0.25) is 0 Å². The molecule has 0 radical (unpaired) electrons. The predicted octanol–water partition coefficient (Wildman–Crippen LogP) is 5.68. The highest BCUT2D eigenvalue weighted by Crippen LogP contribution is 2.39. The summed E-state index contributed by atoms with van der Waals surface area (Å²) in [6.45, 7) is 11.0. The van der Waals surface area contributed by atoms with Gasteiger partial charge in [-0.1, -0.05) is 98.0 Å². The zero-order chi connectivity index (χ0) is 18.7. The Morgan fingerprint density at radius 2 is 1.50 bits per heavy atom. The van der Waals surface area contributed by atoms with Gasteiger partial charge in [-0.05, 0) is 33.9 Å². The molecule has 0 saturated carbocycles. The molecule has 0 amide bonds. The molecule has 0 aliphatic heterocycles. The van der Waals surface area contributed by atoms with E-state index in [2.05, 4.69) is 93.3 Å². The van der Waals surface area contributed by atoms with Crippen molar-refractivity contribution in [1.29, 1.82) is 0 Å². The van der Waals surface area contributed by atoms with Crippen LogP contribution in [0.3, 0.4) is 0 Å². The molecule has 0 aliphatic carbocycles. The van der Waals surface area contributed by atoms with E-state index in [1.54, 1.807) is 0 Å². The first-order valence-corrected chi connectivity index (χ1v) is 12.4. The van der Waals surface area contributed by atoms with Gasteiger partial charge in [-0.25, -0.2) is 0 Å². The van der Waals surface area contributed by atoms with Crippen LogP contribution in [0.25, 0.3) is 10.8 Å². The summed E-state index contributed by atoms with van der Waals surface area (Å²) < 4.78 is 0. The van der Waals surface area contributed by atoms with Crippen LogP contribution in [0, 0.1) is 5.92 Å². The van der Waals surface area contributed by atoms with E-state index in [-0.39, 0.29) is 11.5 Å². The van der Waals surface area contributed by atoms with Gasteiger partial charge in [-0.2, -0.15) is 0 Å². The minimum Gasteiger partial charge on any atom is -0.388 e. The van der Waals surface area contributed by atoms with Gasteiger partial charge in [0.1, 0.15) is 0 Å². The van der Waals surface area contributed by atoms with Crippen LogP contribution < -0.4 is 5.19 Å². The molecule has 26 heavy (non-hydrogen) atoms. The summed E-state index contributed by atoms with van der Waals surface area (Å²) >= 11 is 0. The predicted molar refractivity (Wildman–Crippen MR) is 116 cm³/mol. The maximum absolute atomic E-state index is 11.1. The number of aliphatic hydroxyl groups is 1. The van der Waals surface area contributed by atoms with Crippen molar-refractivity contribution in [2.24, 2.45) is 5.92 Å². The van der Waals surface area contributed by atoms with Gasteiger partial charge in [0.2, 0.25) is 0 Å². The maximum atomic E-state index is 11.1. The van der Waals surface area contributed by atoms with Crippen LogP contribution in [0.1, 0.15) is 18.6 Å². The molecule has 2 heteroatoms. The summed E-state index contributed by atoms with van der Waals surface area (Å²) in [4.78, 5) is 0. The molecule has 0 spiro atoms. The van der Waals surface area contributed by atoms with E-state index in [0.29, 0.717) is 0 Å². The minimum absolute atomic E-state index is 0.107. The third kappa shape index (κ3) is 3.53. The SMILES string of the molecule is C=CC(C(C)C(O)c1ccc2ccccc2c1)[Si](C)(C)c1ccccc1. The molecule has 3 atom stereocenters. The highest BCUT2D eigenvalue weighted by Gasteiger charge is 2.38. The molecular formula is C24H28OSi. The Labute approximate surface area is 158 Å². The van der Waals surface area contributed by atoms with E-state index >= 15 is 0 Å². The topological polar surface area (TPSA) is 20.2 Å². The Hall–Kier alpha value is -2.16. The molecule has 3 unspecified atom stereocenters. The summed E-state index contributed by atoms with van der Waals surface area (Å²) in [5.41, 5.74) is 1.27. The van der Waals surface area contributed by atoms with Crippen LogP contribution in [-0.4, -0.2) is 13.2 Å². The van der Waals surface area contributed by atoms with Gasteiger partial charge >= 0.3 is 0 Å². The Morgan fingerprint density at radius 1 is 0.885 bits per heavy atom. The molecule has 0 aromatic heterocycles. The third-order valence-corrected chi connectivity index (χ3v) is 10.0. The van der Waals surface area contributed by atoms with Crippen molar-refractivity contribution >= 4 is 24.0 Å². The van der Waals surface area contributed by atoms with Gasteiger partial charge in [0, 0.05) is 0 Å². The van der Waals surface area contributed by atoms with Crippen molar-refractivity contribution in [3.05, 3.63) is 91.0 Å². The summed E-state index contributed by atoms with van der Waals surface area (Å²) in [6, 6.07) is 25.3. The van der Waals surface area contributed by atoms with Gasteiger partial charge in [0.25, 0.3) is 0 Å². The van der Waals surface area contributed by atoms with Crippen molar-refractivity contribution < 1.29 is 5.11 Å². The summed E-state index contributed by atoms with van der Waals surface area (Å²) in [5.74, 6) is 0.107. The van der Waals surface area contributed by atoms with Crippen molar-refractivity contribution in [3.63, 3.8) is 0 Å². The molecule has 3 aromatic carbocycles. The molecule has 0 heterocycles.